The molecule has 1 amide bonds. The predicted molar refractivity (Wildman–Crippen MR) is 111 cm³/mol. The van der Waals surface area contributed by atoms with Gasteiger partial charge in [-0.2, -0.15) is 13.2 Å². The Morgan fingerprint density at radius 1 is 1.00 bits per heavy atom. The van der Waals surface area contributed by atoms with Gasteiger partial charge in [0.2, 0.25) is 0 Å². The Labute approximate surface area is 176 Å². The highest BCUT2D eigenvalue weighted by molar-refractivity contribution is 6.04. The fourth-order valence-electron chi connectivity index (χ4n) is 3.04. The van der Waals surface area contributed by atoms with E-state index >= 15 is 0 Å². The van der Waals surface area contributed by atoms with Crippen molar-refractivity contribution in [3.05, 3.63) is 90.3 Å². The van der Waals surface area contributed by atoms with Crippen LogP contribution in [-0.2, 0) is 11.3 Å². The van der Waals surface area contributed by atoms with Crippen molar-refractivity contribution in [2.24, 2.45) is 0 Å². The second-order valence-corrected chi connectivity index (χ2v) is 6.93. The molecule has 4 rings (SSSR count). The number of imidazole rings is 1. The summed E-state index contributed by atoms with van der Waals surface area (Å²) >= 11 is 0. The molecule has 31 heavy (non-hydrogen) atoms. The Bertz CT molecular complexity index is 1150. The number of nitrogens with zero attached hydrogens (tertiary/aromatic N) is 2. The van der Waals surface area contributed by atoms with E-state index in [9.17, 15) is 18.0 Å². The largest absolute Gasteiger partial charge is 0.411 e. The normalized spacial score (nSPS) is 11.6. The summed E-state index contributed by atoms with van der Waals surface area (Å²) in [5.74, 6) is -0.316. The second-order valence-electron chi connectivity index (χ2n) is 6.93. The summed E-state index contributed by atoms with van der Waals surface area (Å²) < 4.78 is 42.9. The van der Waals surface area contributed by atoms with Crippen molar-refractivity contribution in [3.63, 3.8) is 0 Å². The molecule has 0 saturated heterocycles. The number of aromatic nitrogens is 2. The van der Waals surface area contributed by atoms with E-state index in [1.165, 1.54) is 0 Å². The third kappa shape index (κ3) is 5.29. The molecule has 0 aliphatic heterocycles. The van der Waals surface area contributed by atoms with Crippen LogP contribution in [0.15, 0.2) is 79.1 Å². The molecule has 0 fully saturated rings. The zero-order valence-corrected chi connectivity index (χ0v) is 16.3. The first-order chi connectivity index (χ1) is 14.9. The minimum absolute atomic E-state index is 0.175. The highest BCUT2D eigenvalue weighted by Crippen LogP contribution is 2.22. The van der Waals surface area contributed by atoms with E-state index < -0.39 is 12.8 Å². The Hall–Kier alpha value is -3.65. The number of rotatable bonds is 6. The van der Waals surface area contributed by atoms with Gasteiger partial charge in [0, 0.05) is 29.2 Å². The molecule has 0 bridgehead atoms. The Kier molecular flexibility index (Phi) is 5.73. The quantitative estimate of drug-likeness (QED) is 0.454. The van der Waals surface area contributed by atoms with Gasteiger partial charge in [-0.05, 0) is 42.0 Å². The molecule has 2 aromatic carbocycles. The second kappa shape index (κ2) is 8.61. The number of nitrogens with one attached hydrogen (secondary N) is 1. The van der Waals surface area contributed by atoms with Crippen molar-refractivity contribution in [2.75, 3.05) is 11.9 Å². The van der Waals surface area contributed by atoms with Gasteiger partial charge in [-0.1, -0.05) is 30.3 Å². The highest BCUT2D eigenvalue weighted by Gasteiger charge is 2.27. The lowest BCUT2D eigenvalue weighted by molar-refractivity contribution is -0.176. The molecule has 0 spiro atoms. The molecule has 0 aliphatic carbocycles. The first-order valence-electron chi connectivity index (χ1n) is 9.46. The topological polar surface area (TPSA) is 55.6 Å². The molecule has 2 heterocycles. The number of hydrogen-bond acceptors (Lipinski definition) is 3. The van der Waals surface area contributed by atoms with E-state index in [0.29, 0.717) is 16.8 Å². The van der Waals surface area contributed by atoms with E-state index in [1.54, 1.807) is 36.4 Å². The summed E-state index contributed by atoms with van der Waals surface area (Å²) in [6, 6.07) is 19.3. The number of alkyl halides is 3. The summed E-state index contributed by atoms with van der Waals surface area (Å²) in [4.78, 5) is 17.0. The van der Waals surface area contributed by atoms with E-state index in [4.69, 9.17) is 0 Å². The molecule has 0 saturated carbocycles. The van der Waals surface area contributed by atoms with Crippen molar-refractivity contribution < 1.29 is 22.7 Å². The van der Waals surface area contributed by atoms with Crippen LogP contribution >= 0.6 is 0 Å². The minimum atomic E-state index is -4.36. The van der Waals surface area contributed by atoms with Crippen molar-refractivity contribution >= 4 is 17.2 Å². The van der Waals surface area contributed by atoms with Gasteiger partial charge in [-0.3, -0.25) is 4.79 Å². The third-order valence-electron chi connectivity index (χ3n) is 4.55. The predicted octanol–water partition coefficient (Wildman–Crippen LogP) is 5.33. The molecule has 2 aromatic heterocycles. The van der Waals surface area contributed by atoms with E-state index in [1.807, 2.05) is 47.1 Å². The summed E-state index contributed by atoms with van der Waals surface area (Å²) in [5, 5.41) is 2.80. The monoisotopic (exact) mass is 425 g/mol. The SMILES string of the molecule is O=C(Nc1ccc(-c2cn3ccccc3n2)cc1)c1ccc(COCC(F)(F)F)cc1. The van der Waals surface area contributed by atoms with Crippen molar-refractivity contribution in [1.82, 2.24) is 9.38 Å². The van der Waals surface area contributed by atoms with Gasteiger partial charge in [0.1, 0.15) is 12.3 Å². The van der Waals surface area contributed by atoms with Crippen LogP contribution in [0.2, 0.25) is 0 Å². The molecule has 4 aromatic rings. The third-order valence-corrected chi connectivity index (χ3v) is 4.55. The van der Waals surface area contributed by atoms with Crippen molar-refractivity contribution in [2.45, 2.75) is 12.8 Å². The number of halogens is 3. The van der Waals surface area contributed by atoms with Crippen LogP contribution in [0.4, 0.5) is 18.9 Å². The number of ether oxygens (including phenoxy) is 1. The van der Waals surface area contributed by atoms with E-state index in [2.05, 4.69) is 15.0 Å². The summed E-state index contributed by atoms with van der Waals surface area (Å²) in [7, 11) is 0. The molecule has 5 nitrogen and oxygen atoms in total. The molecule has 158 valence electrons. The van der Waals surface area contributed by atoms with Gasteiger partial charge >= 0.3 is 6.18 Å². The van der Waals surface area contributed by atoms with Gasteiger partial charge in [-0.25, -0.2) is 4.98 Å². The smallest absolute Gasteiger partial charge is 0.367 e. The molecule has 1 N–H and O–H groups in total. The average molecular weight is 425 g/mol. The number of carbonyl (C=O) groups is 1. The number of benzene rings is 2. The Morgan fingerprint density at radius 2 is 1.74 bits per heavy atom. The number of amides is 1. The lowest BCUT2D eigenvalue weighted by atomic mass is 10.1. The van der Waals surface area contributed by atoms with Crippen molar-refractivity contribution in [3.8, 4) is 11.3 Å². The highest BCUT2D eigenvalue weighted by atomic mass is 19.4. The molecule has 0 atom stereocenters. The first kappa shape index (κ1) is 20.6. The zero-order chi connectivity index (χ0) is 21.8. The fourth-order valence-corrected chi connectivity index (χ4v) is 3.04. The van der Waals surface area contributed by atoms with E-state index in [-0.39, 0.29) is 12.5 Å². The zero-order valence-electron chi connectivity index (χ0n) is 16.3. The lowest BCUT2D eigenvalue weighted by Gasteiger charge is -2.09. The maximum absolute atomic E-state index is 12.4. The van der Waals surface area contributed by atoms with Crippen LogP contribution in [0.1, 0.15) is 15.9 Å². The standard InChI is InChI=1S/C23H18F3N3O2/c24-23(25,26)15-31-14-16-4-6-18(7-5-16)22(30)27-19-10-8-17(9-11-19)20-13-29-12-2-1-3-21(29)28-20/h1-13H,14-15H2,(H,27,30). The average Bonchev–Trinajstić information content (AvgIpc) is 3.18. The maximum Gasteiger partial charge on any atom is 0.411 e. The van der Waals surface area contributed by atoms with Crippen LogP contribution in [0.5, 0.6) is 0 Å². The first-order valence-corrected chi connectivity index (χ1v) is 9.46. The number of carbonyl (C=O) groups excluding carboxylic acids is 1. The summed E-state index contributed by atoms with van der Waals surface area (Å²) in [5.41, 5.74) is 4.16. The number of pyridine rings is 1. The maximum atomic E-state index is 12.4. The van der Waals surface area contributed by atoms with Gasteiger partial charge < -0.3 is 14.5 Å². The van der Waals surface area contributed by atoms with Gasteiger partial charge in [0.15, 0.2) is 0 Å². The van der Waals surface area contributed by atoms with Crippen LogP contribution < -0.4 is 5.32 Å². The van der Waals surface area contributed by atoms with Crippen molar-refractivity contribution in [1.29, 1.82) is 0 Å². The lowest BCUT2D eigenvalue weighted by Crippen LogP contribution is -2.16. The Balaban J connectivity index is 1.37. The van der Waals surface area contributed by atoms with Crippen LogP contribution in [0.3, 0.4) is 0 Å². The number of anilines is 1. The number of hydrogen-bond donors (Lipinski definition) is 1. The molecular formula is C23H18F3N3O2. The van der Waals surface area contributed by atoms with Gasteiger partial charge in [0.05, 0.1) is 12.3 Å². The van der Waals surface area contributed by atoms with Gasteiger partial charge in [0.25, 0.3) is 5.91 Å². The van der Waals surface area contributed by atoms with E-state index in [0.717, 1.165) is 16.9 Å². The van der Waals surface area contributed by atoms with Gasteiger partial charge in [-0.15, -0.1) is 0 Å². The molecule has 0 aliphatic rings. The van der Waals surface area contributed by atoms with Crippen LogP contribution in [0.25, 0.3) is 16.9 Å². The number of fused-ring (bicyclic) bond motifs is 1. The minimum Gasteiger partial charge on any atom is -0.367 e. The summed E-state index contributed by atoms with van der Waals surface area (Å²) in [6.07, 6.45) is -0.502. The molecule has 8 heteroatoms. The Morgan fingerprint density at radius 3 is 2.42 bits per heavy atom. The molecule has 0 unspecified atom stereocenters. The fraction of sp³-hybridized carbons (Fsp3) is 0.130. The summed E-state index contributed by atoms with van der Waals surface area (Å²) in [6.45, 7) is -1.48. The molecule has 0 radical (unpaired) electrons. The van der Waals surface area contributed by atoms with Crippen LogP contribution in [0, 0.1) is 0 Å². The van der Waals surface area contributed by atoms with Crippen LogP contribution in [-0.4, -0.2) is 28.1 Å². The molecular weight excluding hydrogens is 407 g/mol.